The van der Waals surface area contributed by atoms with E-state index in [1.54, 1.807) is 24.1 Å². The molecule has 6 heteroatoms. The van der Waals surface area contributed by atoms with E-state index in [4.69, 9.17) is 16.3 Å². The minimum Gasteiger partial charge on any atom is -0.490 e. The fourth-order valence-electron chi connectivity index (χ4n) is 3.02. The fourth-order valence-corrected chi connectivity index (χ4v) is 3.21. The molecule has 0 bridgehead atoms. The van der Waals surface area contributed by atoms with Gasteiger partial charge >= 0.3 is 0 Å². The van der Waals surface area contributed by atoms with Gasteiger partial charge in [0.05, 0.1) is 11.6 Å². The van der Waals surface area contributed by atoms with Crippen molar-refractivity contribution < 1.29 is 14.3 Å². The first-order valence-corrected chi connectivity index (χ1v) is 9.42. The maximum Gasteiger partial charge on any atom is 0.253 e. The van der Waals surface area contributed by atoms with Crippen molar-refractivity contribution in [3.8, 4) is 5.75 Å². The zero-order chi connectivity index (χ0) is 19.2. The number of para-hydroxylation sites is 1. The summed E-state index contributed by atoms with van der Waals surface area (Å²) < 4.78 is 5.63. The normalized spacial score (nSPS) is 13.7. The minimum absolute atomic E-state index is 0.0680. The lowest BCUT2D eigenvalue weighted by Gasteiger charge is -2.19. The van der Waals surface area contributed by atoms with Crippen LogP contribution in [0, 0.1) is 0 Å². The van der Waals surface area contributed by atoms with Gasteiger partial charge in [-0.25, -0.2) is 0 Å². The van der Waals surface area contributed by atoms with Crippen molar-refractivity contribution in [2.75, 3.05) is 26.7 Å². The highest BCUT2D eigenvalue weighted by atomic mass is 35.5. The van der Waals surface area contributed by atoms with Gasteiger partial charge in [-0.1, -0.05) is 35.9 Å². The molecule has 2 aromatic rings. The summed E-state index contributed by atoms with van der Waals surface area (Å²) in [6.07, 6.45) is 1.56. The minimum atomic E-state index is -0.0680. The van der Waals surface area contributed by atoms with Crippen molar-refractivity contribution in [2.45, 2.75) is 19.4 Å². The van der Waals surface area contributed by atoms with Crippen LogP contribution in [0.4, 0.5) is 0 Å². The Hall–Kier alpha value is -2.53. The lowest BCUT2D eigenvalue weighted by molar-refractivity contribution is -0.128. The molecule has 1 heterocycles. The standard InChI is InChI=1S/C21H23ClN2O3/c1-23(13-14-27-19-6-3-2-5-18(19)22)21(26)17-10-8-16(9-11-17)15-24-12-4-7-20(24)25/h2-3,5-6,8-11H,4,7,12-15H2,1H3. The van der Waals surface area contributed by atoms with Gasteiger partial charge in [0.1, 0.15) is 12.4 Å². The van der Waals surface area contributed by atoms with Gasteiger partial charge in [-0.05, 0) is 36.2 Å². The molecule has 1 aliphatic rings. The van der Waals surface area contributed by atoms with Crippen LogP contribution >= 0.6 is 11.6 Å². The number of hydrogen-bond donors (Lipinski definition) is 0. The average molecular weight is 387 g/mol. The van der Waals surface area contributed by atoms with Crippen molar-refractivity contribution in [3.05, 3.63) is 64.7 Å². The molecule has 3 rings (SSSR count). The zero-order valence-electron chi connectivity index (χ0n) is 15.4. The second-order valence-corrected chi connectivity index (χ2v) is 7.03. The summed E-state index contributed by atoms with van der Waals surface area (Å²) in [5.41, 5.74) is 1.65. The third-order valence-corrected chi connectivity index (χ3v) is 4.93. The van der Waals surface area contributed by atoms with Crippen LogP contribution in [0.1, 0.15) is 28.8 Å². The van der Waals surface area contributed by atoms with Gasteiger partial charge in [-0.2, -0.15) is 0 Å². The summed E-state index contributed by atoms with van der Waals surface area (Å²) >= 11 is 6.05. The van der Waals surface area contributed by atoms with Crippen molar-refractivity contribution in [1.82, 2.24) is 9.80 Å². The lowest BCUT2D eigenvalue weighted by Crippen LogP contribution is -2.31. The number of benzene rings is 2. The van der Waals surface area contributed by atoms with Crippen LogP contribution in [0.25, 0.3) is 0 Å². The fraction of sp³-hybridized carbons (Fsp3) is 0.333. The Morgan fingerprint density at radius 1 is 1.19 bits per heavy atom. The Balaban J connectivity index is 1.50. The first-order valence-electron chi connectivity index (χ1n) is 9.04. The van der Waals surface area contributed by atoms with Gasteiger partial charge in [-0.15, -0.1) is 0 Å². The van der Waals surface area contributed by atoms with E-state index in [2.05, 4.69) is 0 Å². The predicted molar refractivity (Wildman–Crippen MR) is 105 cm³/mol. The number of nitrogens with zero attached hydrogens (tertiary/aromatic N) is 2. The molecule has 1 aliphatic heterocycles. The van der Waals surface area contributed by atoms with Gasteiger partial charge in [0.15, 0.2) is 0 Å². The van der Waals surface area contributed by atoms with E-state index in [0.29, 0.717) is 42.5 Å². The molecular formula is C21H23ClN2O3. The predicted octanol–water partition coefficient (Wildman–Crippen LogP) is 3.61. The van der Waals surface area contributed by atoms with Crippen LogP contribution < -0.4 is 4.74 Å². The first-order chi connectivity index (χ1) is 13.0. The zero-order valence-corrected chi connectivity index (χ0v) is 16.1. The van der Waals surface area contributed by atoms with E-state index < -0.39 is 0 Å². The van der Waals surface area contributed by atoms with Crippen molar-refractivity contribution in [2.24, 2.45) is 0 Å². The molecule has 0 aliphatic carbocycles. The molecule has 2 amide bonds. The number of ether oxygens (including phenoxy) is 1. The van der Waals surface area contributed by atoms with Gasteiger partial charge in [0, 0.05) is 32.1 Å². The molecule has 0 atom stereocenters. The van der Waals surface area contributed by atoms with Gasteiger partial charge in [0.2, 0.25) is 5.91 Å². The highest BCUT2D eigenvalue weighted by Gasteiger charge is 2.20. The van der Waals surface area contributed by atoms with E-state index in [9.17, 15) is 9.59 Å². The number of carbonyl (C=O) groups excluding carboxylic acids is 2. The monoisotopic (exact) mass is 386 g/mol. The maximum atomic E-state index is 12.5. The molecule has 0 radical (unpaired) electrons. The summed E-state index contributed by atoms with van der Waals surface area (Å²) in [5, 5.41) is 0.554. The Morgan fingerprint density at radius 3 is 2.59 bits per heavy atom. The molecule has 2 aromatic carbocycles. The molecule has 0 saturated carbocycles. The molecule has 27 heavy (non-hydrogen) atoms. The van der Waals surface area contributed by atoms with Gasteiger partial charge in [-0.3, -0.25) is 9.59 Å². The molecule has 1 saturated heterocycles. The Morgan fingerprint density at radius 2 is 1.93 bits per heavy atom. The topological polar surface area (TPSA) is 49.9 Å². The second-order valence-electron chi connectivity index (χ2n) is 6.62. The smallest absolute Gasteiger partial charge is 0.253 e. The summed E-state index contributed by atoms with van der Waals surface area (Å²) in [4.78, 5) is 27.7. The molecule has 142 valence electrons. The number of amides is 2. The SMILES string of the molecule is CN(CCOc1ccccc1Cl)C(=O)c1ccc(CN2CCCC2=O)cc1. The molecule has 0 spiro atoms. The van der Waals surface area contributed by atoms with Crippen LogP contribution in [0.5, 0.6) is 5.75 Å². The highest BCUT2D eigenvalue weighted by molar-refractivity contribution is 6.32. The van der Waals surface area contributed by atoms with Crippen LogP contribution in [-0.4, -0.2) is 48.4 Å². The number of likely N-dealkylation sites (tertiary alicyclic amines) is 1. The number of likely N-dealkylation sites (N-methyl/N-ethyl adjacent to an activating group) is 1. The first kappa shape index (κ1) is 19.2. The van der Waals surface area contributed by atoms with E-state index in [0.717, 1.165) is 18.5 Å². The maximum absolute atomic E-state index is 12.5. The molecule has 1 fully saturated rings. The van der Waals surface area contributed by atoms with Crippen LogP contribution in [-0.2, 0) is 11.3 Å². The summed E-state index contributed by atoms with van der Waals surface area (Å²) in [7, 11) is 1.75. The van der Waals surface area contributed by atoms with E-state index >= 15 is 0 Å². The largest absolute Gasteiger partial charge is 0.490 e. The van der Waals surface area contributed by atoms with Crippen molar-refractivity contribution in [3.63, 3.8) is 0 Å². The third-order valence-electron chi connectivity index (χ3n) is 4.61. The van der Waals surface area contributed by atoms with Crippen molar-refractivity contribution >= 4 is 23.4 Å². The highest BCUT2D eigenvalue weighted by Crippen LogP contribution is 2.23. The third kappa shape index (κ3) is 5.01. The second kappa shape index (κ2) is 8.91. The Bertz CT molecular complexity index is 807. The number of carbonyl (C=O) groups is 2. The average Bonchev–Trinajstić information content (AvgIpc) is 3.08. The van der Waals surface area contributed by atoms with Crippen LogP contribution in [0.15, 0.2) is 48.5 Å². The molecule has 5 nitrogen and oxygen atoms in total. The quantitative estimate of drug-likeness (QED) is 0.730. The molecule has 0 N–H and O–H groups in total. The number of halogens is 1. The Kier molecular flexibility index (Phi) is 6.35. The number of hydrogen-bond acceptors (Lipinski definition) is 3. The molecular weight excluding hydrogens is 364 g/mol. The summed E-state index contributed by atoms with van der Waals surface area (Å²) in [6.45, 7) is 2.23. The molecule has 0 unspecified atom stereocenters. The van der Waals surface area contributed by atoms with Gasteiger partial charge in [0.25, 0.3) is 5.91 Å². The van der Waals surface area contributed by atoms with Gasteiger partial charge < -0.3 is 14.5 Å². The number of rotatable bonds is 7. The van der Waals surface area contributed by atoms with Crippen LogP contribution in [0.2, 0.25) is 5.02 Å². The van der Waals surface area contributed by atoms with Crippen LogP contribution in [0.3, 0.4) is 0 Å². The lowest BCUT2D eigenvalue weighted by atomic mass is 10.1. The van der Waals surface area contributed by atoms with E-state index in [1.165, 1.54) is 0 Å². The van der Waals surface area contributed by atoms with E-state index in [1.807, 2.05) is 41.3 Å². The summed E-state index contributed by atoms with van der Waals surface area (Å²) in [6, 6.07) is 14.7. The summed E-state index contributed by atoms with van der Waals surface area (Å²) in [5.74, 6) is 0.746. The van der Waals surface area contributed by atoms with E-state index in [-0.39, 0.29) is 11.8 Å². The Labute approximate surface area is 164 Å². The van der Waals surface area contributed by atoms with Crippen molar-refractivity contribution in [1.29, 1.82) is 0 Å². The molecule has 0 aromatic heterocycles.